The molecule has 0 aliphatic heterocycles. The summed E-state index contributed by atoms with van der Waals surface area (Å²) in [4.78, 5) is 10.6. The third-order valence-corrected chi connectivity index (χ3v) is 13.6. The molecule has 9 rings (SSSR count). The molecule has 0 radical (unpaired) electrons. The normalized spacial score (nSPS) is 14.1. The molecule has 0 spiro atoms. The van der Waals surface area contributed by atoms with Gasteiger partial charge in [-0.05, 0) is 145 Å². The number of aromatic nitrogens is 3. The minimum absolute atomic E-state index is 0.0517. The van der Waals surface area contributed by atoms with E-state index in [2.05, 4.69) is 179 Å². The summed E-state index contributed by atoms with van der Waals surface area (Å²) in [5.74, 6) is 0.801. The molecule has 354 valence electrons. The van der Waals surface area contributed by atoms with Crippen molar-refractivity contribution in [3.8, 4) is 78.6 Å². The van der Waals surface area contributed by atoms with Gasteiger partial charge in [0.1, 0.15) is 11.6 Å². The van der Waals surface area contributed by atoms with E-state index >= 15 is 0 Å². The molecule has 4 heteroatoms. The first-order valence-electron chi connectivity index (χ1n) is 27.4. The Labute approximate surface area is 425 Å². The molecule has 9 aromatic rings. The molecule has 0 bridgehead atoms. The number of hydrogen-bond acceptors (Lipinski definition) is 3. The predicted octanol–water partition coefficient (Wildman–Crippen LogP) is 17.9. The molecular formula is C66H69N3O. The van der Waals surface area contributed by atoms with Gasteiger partial charge in [0.05, 0.1) is 28.0 Å². The van der Waals surface area contributed by atoms with Crippen LogP contribution in [-0.4, -0.2) is 19.6 Å². The van der Waals surface area contributed by atoms with E-state index in [4.69, 9.17) is 18.2 Å². The van der Waals surface area contributed by atoms with Gasteiger partial charge in [0.15, 0.2) is 0 Å². The number of aromatic hydroxyl groups is 1. The molecule has 0 aliphatic rings. The highest BCUT2D eigenvalue weighted by molar-refractivity contribution is 5.98. The zero-order chi connectivity index (χ0) is 55.1. The summed E-state index contributed by atoms with van der Waals surface area (Å²) >= 11 is 0. The Morgan fingerprint density at radius 3 is 1.61 bits per heavy atom. The Kier molecular flexibility index (Phi) is 10.3. The molecule has 0 saturated carbocycles. The highest BCUT2D eigenvalue weighted by Gasteiger charge is 2.30. The lowest BCUT2D eigenvalue weighted by molar-refractivity contribution is 0.446. The summed E-state index contributed by atoms with van der Waals surface area (Å²) in [6.07, 6.45) is 1.66. The van der Waals surface area contributed by atoms with Crippen molar-refractivity contribution in [1.29, 1.82) is 0 Å². The summed E-state index contributed by atoms with van der Waals surface area (Å²) in [7, 11) is 0. The molecule has 0 fully saturated rings. The van der Waals surface area contributed by atoms with Crippen LogP contribution in [0.25, 0.3) is 83.9 Å². The van der Waals surface area contributed by atoms with Crippen molar-refractivity contribution < 1.29 is 13.3 Å². The van der Waals surface area contributed by atoms with Gasteiger partial charge >= 0.3 is 0 Å². The van der Waals surface area contributed by atoms with E-state index in [1.807, 2.05) is 30.3 Å². The maximum absolute atomic E-state index is 12.6. The Morgan fingerprint density at radius 2 is 1.01 bits per heavy atom. The highest BCUT2D eigenvalue weighted by Crippen LogP contribution is 2.46. The average Bonchev–Trinajstić information content (AvgIpc) is 3.74. The van der Waals surface area contributed by atoms with Crippen molar-refractivity contribution in [2.75, 3.05) is 0 Å². The lowest BCUT2D eigenvalue weighted by atomic mass is 9.79. The average molecular weight is 926 g/mol. The fraction of sp³-hybridized carbons (Fsp3) is 0.273. The number of para-hydroxylation sites is 1. The molecule has 70 heavy (non-hydrogen) atoms. The van der Waals surface area contributed by atoms with Gasteiger partial charge in [0.25, 0.3) is 0 Å². The molecule has 0 saturated heterocycles. The minimum atomic E-state index is -2.56. The van der Waals surface area contributed by atoms with Crippen LogP contribution in [0.1, 0.15) is 125 Å². The van der Waals surface area contributed by atoms with Crippen LogP contribution in [0.3, 0.4) is 0 Å². The minimum Gasteiger partial charge on any atom is -0.507 e. The van der Waals surface area contributed by atoms with Crippen molar-refractivity contribution in [3.63, 3.8) is 0 Å². The van der Waals surface area contributed by atoms with E-state index in [9.17, 15) is 5.11 Å². The Bertz CT molecular complexity index is 3650. The topological polar surface area (TPSA) is 50.9 Å². The second kappa shape index (κ2) is 17.7. The Morgan fingerprint density at radius 1 is 0.443 bits per heavy atom. The number of fused-ring (bicyclic) bond motifs is 1. The van der Waals surface area contributed by atoms with E-state index < -0.39 is 19.1 Å². The number of imidazole rings is 1. The van der Waals surface area contributed by atoms with E-state index in [0.717, 1.165) is 61.2 Å². The summed E-state index contributed by atoms with van der Waals surface area (Å²) < 4.78 is 54.2. The monoisotopic (exact) mass is 926 g/mol. The van der Waals surface area contributed by atoms with Crippen LogP contribution in [0.2, 0.25) is 0 Å². The predicted molar refractivity (Wildman–Crippen MR) is 297 cm³/mol. The third kappa shape index (κ3) is 9.25. The fourth-order valence-electron chi connectivity index (χ4n) is 9.43. The summed E-state index contributed by atoms with van der Waals surface area (Å²) in [5, 5.41) is 12.6. The van der Waals surface area contributed by atoms with Gasteiger partial charge in [-0.2, -0.15) is 0 Å². The number of nitrogens with zero attached hydrogens (tertiary/aromatic N) is 3. The molecule has 0 aliphatic carbocycles. The summed E-state index contributed by atoms with van der Waals surface area (Å²) in [6.45, 7) is 21.1. The number of aryl methyl sites for hydroxylation is 2. The van der Waals surface area contributed by atoms with Crippen LogP contribution in [0, 0.1) is 13.7 Å². The first-order valence-corrected chi connectivity index (χ1v) is 24.4. The number of hydrogen-bond donors (Lipinski definition) is 1. The standard InChI is InChI=1S/C66H69N3O/c1-41-33-53(42(2)32-52(41)43-22-17-15-18-23-43)45-30-31-67-57(37-45)47-34-46(35-49(36-47)64(6,7)8)51-26-21-27-59-60(51)68-62(55-39-50(65(9,10)11)40-56(61(55)70)66(12,13)14)69(59)58-29-28-48(63(3,4)5)38-54(58)44-24-19-16-20-25-44/h15-40,70H,1-14H3/i1D3,2D3. The first kappa shape index (κ1) is 40.8. The van der Waals surface area contributed by atoms with Gasteiger partial charge in [0.2, 0.25) is 0 Å². The Hall–Kier alpha value is -7.04. The van der Waals surface area contributed by atoms with E-state index in [-0.39, 0.29) is 33.1 Å². The largest absolute Gasteiger partial charge is 0.507 e. The molecule has 0 amide bonds. The molecule has 0 unspecified atom stereocenters. The molecule has 7 aromatic carbocycles. The SMILES string of the molecule is [2H]C([2H])([2H])c1cc(-c2ccnc(-c3cc(-c4cccc5c4nc(-c4cc(C(C)(C)C)cc(C(C)(C)C)c4O)n5-c4ccc(C(C)(C)C)cc4-c4ccccc4)cc(C(C)(C)C)c3)c2)c(C([2H])([2H])[2H])cc1-c1ccccc1. The van der Waals surface area contributed by atoms with Gasteiger partial charge in [0, 0.05) is 36.7 Å². The number of phenols is 1. The number of benzene rings is 7. The molecule has 2 aromatic heterocycles. The van der Waals surface area contributed by atoms with Crippen LogP contribution < -0.4 is 0 Å². The molecular weight excluding hydrogens is 851 g/mol. The van der Waals surface area contributed by atoms with E-state index in [1.54, 1.807) is 24.4 Å². The van der Waals surface area contributed by atoms with E-state index in [1.165, 1.54) is 17.7 Å². The molecule has 1 N–H and O–H groups in total. The van der Waals surface area contributed by atoms with Gasteiger partial charge in [-0.3, -0.25) is 9.55 Å². The van der Waals surface area contributed by atoms with Crippen molar-refractivity contribution in [2.45, 2.75) is 118 Å². The second-order valence-corrected chi connectivity index (χ2v) is 23.0. The third-order valence-electron chi connectivity index (χ3n) is 13.6. The quantitative estimate of drug-likeness (QED) is 0.173. The van der Waals surface area contributed by atoms with Gasteiger partial charge in [-0.15, -0.1) is 0 Å². The number of rotatable bonds is 7. The van der Waals surface area contributed by atoms with Crippen LogP contribution in [-0.2, 0) is 21.7 Å². The van der Waals surface area contributed by atoms with Crippen LogP contribution >= 0.6 is 0 Å². The van der Waals surface area contributed by atoms with Crippen LogP contribution in [0.4, 0.5) is 0 Å². The summed E-state index contributed by atoms with van der Waals surface area (Å²) in [6, 6.07) is 49.8. The fourth-order valence-corrected chi connectivity index (χ4v) is 9.43. The summed E-state index contributed by atoms with van der Waals surface area (Å²) in [5.41, 5.74) is 13.4. The van der Waals surface area contributed by atoms with E-state index in [0.29, 0.717) is 39.3 Å². The van der Waals surface area contributed by atoms with Crippen LogP contribution in [0.15, 0.2) is 158 Å². The zero-order valence-corrected chi connectivity index (χ0v) is 42.8. The van der Waals surface area contributed by atoms with Gasteiger partial charge < -0.3 is 5.11 Å². The molecule has 4 nitrogen and oxygen atoms in total. The van der Waals surface area contributed by atoms with Crippen molar-refractivity contribution in [3.05, 3.63) is 191 Å². The second-order valence-electron chi connectivity index (χ2n) is 23.0. The molecule has 0 atom stereocenters. The van der Waals surface area contributed by atoms with Crippen molar-refractivity contribution >= 4 is 11.0 Å². The van der Waals surface area contributed by atoms with Crippen molar-refractivity contribution in [1.82, 2.24) is 14.5 Å². The Balaban J connectivity index is 1.32. The lowest BCUT2D eigenvalue weighted by Gasteiger charge is -2.28. The van der Waals surface area contributed by atoms with Gasteiger partial charge in [-0.25, -0.2) is 4.98 Å². The highest BCUT2D eigenvalue weighted by atomic mass is 16.3. The zero-order valence-electron chi connectivity index (χ0n) is 48.8. The maximum Gasteiger partial charge on any atom is 0.149 e. The number of pyridine rings is 1. The number of phenolic OH excluding ortho intramolecular Hbond substituents is 1. The maximum atomic E-state index is 12.6. The smallest absolute Gasteiger partial charge is 0.149 e. The van der Waals surface area contributed by atoms with Crippen molar-refractivity contribution in [2.24, 2.45) is 0 Å². The van der Waals surface area contributed by atoms with Gasteiger partial charge in [-0.1, -0.05) is 186 Å². The first-order chi connectivity index (χ1) is 35.4. The lowest BCUT2D eigenvalue weighted by Crippen LogP contribution is -2.17. The molecule has 2 heterocycles. The van der Waals surface area contributed by atoms with Crippen LogP contribution in [0.5, 0.6) is 5.75 Å².